The number of carbonyl (C=O) groups is 1. The molecule has 1 amide bonds. The Balaban J connectivity index is 1.93. The van der Waals surface area contributed by atoms with Gasteiger partial charge in [0.05, 0.1) is 18.0 Å². The normalized spacial score (nSPS) is 12.3. The van der Waals surface area contributed by atoms with Gasteiger partial charge in [-0.05, 0) is 49.1 Å². The Morgan fingerprint density at radius 2 is 1.55 bits per heavy atom. The first-order valence-corrected chi connectivity index (χ1v) is 12.0. The lowest BCUT2D eigenvalue weighted by Crippen LogP contribution is -2.42. The first-order valence-electron chi connectivity index (χ1n) is 10.1. The molecule has 0 saturated carbocycles. The third kappa shape index (κ3) is 5.52. The molecule has 0 fully saturated rings. The quantitative estimate of drug-likeness (QED) is 0.601. The lowest BCUT2D eigenvalue weighted by atomic mass is 9.95. The summed E-state index contributed by atoms with van der Waals surface area (Å²) in [5.74, 6) is -0.373. The van der Waals surface area contributed by atoms with Crippen LogP contribution in [-0.4, -0.2) is 27.1 Å². The van der Waals surface area contributed by atoms with Gasteiger partial charge in [-0.1, -0.05) is 72.3 Å². The molecule has 0 radical (unpaired) electrons. The zero-order valence-electron chi connectivity index (χ0n) is 18.3. The molecule has 0 unspecified atom stereocenters. The second-order valence-electron chi connectivity index (χ2n) is 7.83. The summed E-state index contributed by atoms with van der Waals surface area (Å²) in [5.41, 5.74) is 5.29. The smallest absolute Gasteiger partial charge is 0.241 e. The van der Waals surface area contributed by atoms with Gasteiger partial charge in [0.1, 0.15) is 6.54 Å². The summed E-state index contributed by atoms with van der Waals surface area (Å²) < 4.78 is 26.2. The fourth-order valence-corrected chi connectivity index (χ4v) is 4.61. The minimum Gasteiger partial charge on any atom is -0.344 e. The molecular formula is C25H28N2O3S. The van der Waals surface area contributed by atoms with Crippen molar-refractivity contribution in [3.05, 3.63) is 101 Å². The Morgan fingerprint density at radius 1 is 0.903 bits per heavy atom. The maximum Gasteiger partial charge on any atom is 0.241 e. The summed E-state index contributed by atoms with van der Waals surface area (Å²) in [6.45, 7) is 5.49. The van der Waals surface area contributed by atoms with E-state index in [2.05, 4.69) is 5.32 Å². The first-order chi connectivity index (χ1) is 14.7. The molecule has 1 N–H and O–H groups in total. The molecule has 6 heteroatoms. The lowest BCUT2D eigenvalue weighted by molar-refractivity contribution is -0.120. The average Bonchev–Trinajstić information content (AvgIpc) is 2.71. The Kier molecular flexibility index (Phi) is 6.81. The minimum atomic E-state index is -3.65. The third-order valence-corrected chi connectivity index (χ3v) is 6.37. The van der Waals surface area contributed by atoms with Crippen molar-refractivity contribution in [2.24, 2.45) is 0 Å². The van der Waals surface area contributed by atoms with Crippen molar-refractivity contribution in [2.75, 3.05) is 17.1 Å². The van der Waals surface area contributed by atoms with E-state index in [1.165, 1.54) is 0 Å². The topological polar surface area (TPSA) is 66.5 Å². The average molecular weight is 437 g/mol. The van der Waals surface area contributed by atoms with Crippen molar-refractivity contribution in [2.45, 2.75) is 26.8 Å². The second kappa shape index (κ2) is 9.35. The van der Waals surface area contributed by atoms with E-state index in [9.17, 15) is 13.2 Å². The van der Waals surface area contributed by atoms with E-state index in [0.717, 1.165) is 38.4 Å². The number of nitrogens with zero attached hydrogens (tertiary/aromatic N) is 1. The van der Waals surface area contributed by atoms with E-state index < -0.39 is 10.0 Å². The highest BCUT2D eigenvalue weighted by molar-refractivity contribution is 7.92. The van der Waals surface area contributed by atoms with Crippen LogP contribution in [0.5, 0.6) is 0 Å². The molecule has 0 aliphatic heterocycles. The molecule has 3 aromatic carbocycles. The van der Waals surface area contributed by atoms with E-state index >= 15 is 0 Å². The van der Waals surface area contributed by atoms with E-state index in [1.807, 2.05) is 87.5 Å². The van der Waals surface area contributed by atoms with Crippen LogP contribution in [0.15, 0.2) is 72.8 Å². The maximum absolute atomic E-state index is 13.1. The van der Waals surface area contributed by atoms with E-state index in [1.54, 1.807) is 6.07 Å². The monoisotopic (exact) mass is 436 g/mol. The second-order valence-corrected chi connectivity index (χ2v) is 9.73. The number of amides is 1. The van der Waals surface area contributed by atoms with Crippen molar-refractivity contribution in [1.29, 1.82) is 0 Å². The van der Waals surface area contributed by atoms with Gasteiger partial charge < -0.3 is 5.32 Å². The SMILES string of the molecule is Cc1ccc(N(CC(=O)N[C@@H](c2ccccc2)c2ccccc2C)S(C)(=O)=O)c(C)c1. The fraction of sp³-hybridized carbons (Fsp3) is 0.240. The van der Waals surface area contributed by atoms with Crippen molar-refractivity contribution in [3.8, 4) is 0 Å². The molecule has 0 aliphatic carbocycles. The highest BCUT2D eigenvalue weighted by Crippen LogP contribution is 2.26. The Bertz CT molecular complexity index is 1170. The summed E-state index contributed by atoms with van der Waals surface area (Å²) in [4.78, 5) is 13.1. The number of sulfonamides is 1. The predicted molar refractivity (Wildman–Crippen MR) is 126 cm³/mol. The van der Waals surface area contributed by atoms with Crippen LogP contribution in [0.2, 0.25) is 0 Å². The van der Waals surface area contributed by atoms with Crippen molar-refractivity contribution in [3.63, 3.8) is 0 Å². The molecule has 0 aliphatic rings. The molecule has 0 heterocycles. The maximum atomic E-state index is 13.1. The molecule has 0 aromatic heterocycles. The number of carbonyl (C=O) groups excluding carboxylic acids is 1. The van der Waals surface area contributed by atoms with Gasteiger partial charge in [0.15, 0.2) is 0 Å². The number of rotatable bonds is 7. The van der Waals surface area contributed by atoms with Gasteiger partial charge in [-0.15, -0.1) is 0 Å². The van der Waals surface area contributed by atoms with Gasteiger partial charge in [0.25, 0.3) is 0 Å². The summed E-state index contributed by atoms with van der Waals surface area (Å²) in [7, 11) is -3.65. The molecule has 0 saturated heterocycles. The van der Waals surface area contributed by atoms with Gasteiger partial charge >= 0.3 is 0 Å². The highest BCUT2D eigenvalue weighted by atomic mass is 32.2. The minimum absolute atomic E-state index is 0.294. The van der Waals surface area contributed by atoms with Crippen LogP contribution in [0.25, 0.3) is 0 Å². The summed E-state index contributed by atoms with van der Waals surface area (Å²) in [5, 5.41) is 3.05. The largest absolute Gasteiger partial charge is 0.344 e. The summed E-state index contributed by atoms with van der Waals surface area (Å²) >= 11 is 0. The molecule has 5 nitrogen and oxygen atoms in total. The number of aryl methyl sites for hydroxylation is 3. The van der Waals surface area contributed by atoms with E-state index in [4.69, 9.17) is 0 Å². The van der Waals surface area contributed by atoms with Crippen LogP contribution in [0.4, 0.5) is 5.69 Å². The molecular weight excluding hydrogens is 408 g/mol. The zero-order chi connectivity index (χ0) is 22.6. The fourth-order valence-electron chi connectivity index (χ4n) is 3.70. The molecule has 3 rings (SSSR count). The number of benzene rings is 3. The van der Waals surface area contributed by atoms with Crippen LogP contribution in [0.3, 0.4) is 0 Å². The Morgan fingerprint density at radius 3 is 2.16 bits per heavy atom. The van der Waals surface area contributed by atoms with E-state index in [-0.39, 0.29) is 18.5 Å². The summed E-state index contributed by atoms with van der Waals surface area (Å²) in [6.07, 6.45) is 1.12. The van der Waals surface area contributed by atoms with Gasteiger partial charge in [-0.2, -0.15) is 0 Å². The van der Waals surface area contributed by atoms with Crippen molar-refractivity contribution < 1.29 is 13.2 Å². The number of hydrogen-bond acceptors (Lipinski definition) is 3. The van der Waals surface area contributed by atoms with E-state index in [0.29, 0.717) is 5.69 Å². The lowest BCUT2D eigenvalue weighted by Gasteiger charge is -2.26. The number of anilines is 1. The van der Waals surface area contributed by atoms with Crippen LogP contribution in [-0.2, 0) is 14.8 Å². The Hall–Kier alpha value is -3.12. The summed E-state index contributed by atoms with van der Waals surface area (Å²) in [6, 6.07) is 22.7. The van der Waals surface area contributed by atoms with Gasteiger partial charge in [-0.3, -0.25) is 9.10 Å². The molecule has 1 atom stereocenters. The highest BCUT2D eigenvalue weighted by Gasteiger charge is 2.25. The van der Waals surface area contributed by atoms with Crippen LogP contribution in [0.1, 0.15) is 33.9 Å². The molecule has 31 heavy (non-hydrogen) atoms. The standard InChI is InChI=1S/C25H28N2O3S/c1-18-14-15-23(20(3)16-18)27(31(4,29)30)17-24(28)26-25(21-11-6-5-7-12-21)22-13-9-8-10-19(22)2/h5-16,25H,17H2,1-4H3,(H,26,28)/t25-/m0/s1. The van der Waals surface area contributed by atoms with Crippen molar-refractivity contribution in [1.82, 2.24) is 5.32 Å². The van der Waals surface area contributed by atoms with Crippen molar-refractivity contribution >= 4 is 21.6 Å². The third-order valence-electron chi connectivity index (χ3n) is 5.25. The van der Waals surface area contributed by atoms with Crippen LogP contribution < -0.4 is 9.62 Å². The van der Waals surface area contributed by atoms with Gasteiger partial charge in [0, 0.05) is 0 Å². The molecule has 0 spiro atoms. The zero-order valence-corrected chi connectivity index (χ0v) is 19.1. The molecule has 3 aromatic rings. The van der Waals surface area contributed by atoms with Gasteiger partial charge in [-0.25, -0.2) is 8.42 Å². The first kappa shape index (κ1) is 22.6. The van der Waals surface area contributed by atoms with Crippen LogP contribution in [0, 0.1) is 20.8 Å². The molecule has 0 bridgehead atoms. The number of hydrogen-bond donors (Lipinski definition) is 1. The van der Waals surface area contributed by atoms with Gasteiger partial charge in [0.2, 0.25) is 15.9 Å². The predicted octanol–water partition coefficient (Wildman–Crippen LogP) is 4.28. The molecule has 162 valence electrons. The number of nitrogens with one attached hydrogen (secondary N) is 1. The van der Waals surface area contributed by atoms with Crippen LogP contribution >= 0.6 is 0 Å². The Labute approximate surface area is 184 Å².